The summed E-state index contributed by atoms with van der Waals surface area (Å²) in [6, 6.07) is 11.6. The van der Waals surface area contributed by atoms with E-state index in [2.05, 4.69) is 36.2 Å². The third-order valence-corrected chi connectivity index (χ3v) is 3.42. The van der Waals surface area contributed by atoms with E-state index in [9.17, 15) is 8.78 Å². The maximum absolute atomic E-state index is 13.1. The summed E-state index contributed by atoms with van der Waals surface area (Å²) >= 11 is 0. The number of nitrogens with one attached hydrogen (secondary N) is 1. The van der Waals surface area contributed by atoms with Gasteiger partial charge in [-0.3, -0.25) is 0 Å². The Bertz CT molecular complexity index is 558. The average Bonchev–Trinajstić information content (AvgIpc) is 2.47. The molecule has 4 heteroatoms. The number of hydrogen-bond donors (Lipinski definition) is 1. The van der Waals surface area contributed by atoms with Crippen molar-refractivity contribution < 1.29 is 8.78 Å². The third kappa shape index (κ3) is 4.18. The minimum Gasteiger partial charge on any atom is -0.381 e. The van der Waals surface area contributed by atoms with Gasteiger partial charge in [-0.05, 0) is 43.7 Å². The van der Waals surface area contributed by atoms with Crippen molar-refractivity contribution in [2.75, 3.05) is 23.3 Å². The van der Waals surface area contributed by atoms with Gasteiger partial charge in [-0.1, -0.05) is 12.1 Å². The molecular formula is C17H20F2N2. The van der Waals surface area contributed by atoms with Crippen LogP contribution in [0.4, 0.5) is 20.2 Å². The van der Waals surface area contributed by atoms with Gasteiger partial charge in [0.1, 0.15) is 11.6 Å². The molecule has 0 spiro atoms. The standard InChI is InChI=1S/C17H20F2N2/c1-3-21(4-2)17-7-5-13(6-8-17)12-20-16-10-14(18)9-15(19)11-16/h5-11,20H,3-4,12H2,1-2H3. The zero-order chi connectivity index (χ0) is 15.2. The van der Waals surface area contributed by atoms with Crippen molar-refractivity contribution in [1.29, 1.82) is 0 Å². The number of rotatable bonds is 6. The van der Waals surface area contributed by atoms with Crippen LogP contribution in [0.3, 0.4) is 0 Å². The van der Waals surface area contributed by atoms with Crippen LogP contribution in [-0.4, -0.2) is 13.1 Å². The maximum atomic E-state index is 13.1. The van der Waals surface area contributed by atoms with Gasteiger partial charge in [0.2, 0.25) is 0 Å². The van der Waals surface area contributed by atoms with Gasteiger partial charge >= 0.3 is 0 Å². The van der Waals surface area contributed by atoms with Crippen LogP contribution in [0.1, 0.15) is 19.4 Å². The smallest absolute Gasteiger partial charge is 0.128 e. The number of nitrogens with zero attached hydrogens (tertiary/aromatic N) is 1. The molecule has 0 heterocycles. The molecule has 21 heavy (non-hydrogen) atoms. The van der Waals surface area contributed by atoms with Crippen molar-refractivity contribution in [2.24, 2.45) is 0 Å². The molecule has 0 aliphatic carbocycles. The molecule has 2 aromatic rings. The molecule has 0 aliphatic heterocycles. The Morgan fingerprint density at radius 1 is 0.905 bits per heavy atom. The van der Waals surface area contributed by atoms with E-state index < -0.39 is 11.6 Å². The molecule has 0 aromatic heterocycles. The summed E-state index contributed by atoms with van der Waals surface area (Å²) in [5.74, 6) is -1.15. The van der Waals surface area contributed by atoms with Gasteiger partial charge in [0.05, 0.1) is 0 Å². The fourth-order valence-electron chi connectivity index (χ4n) is 2.27. The summed E-state index contributed by atoms with van der Waals surface area (Å²) in [5, 5.41) is 3.03. The van der Waals surface area contributed by atoms with Crippen LogP contribution in [0, 0.1) is 11.6 Å². The summed E-state index contributed by atoms with van der Waals surface area (Å²) in [7, 11) is 0. The number of halogens is 2. The Labute approximate surface area is 124 Å². The fraction of sp³-hybridized carbons (Fsp3) is 0.294. The first-order valence-electron chi connectivity index (χ1n) is 7.16. The predicted octanol–water partition coefficient (Wildman–Crippen LogP) is 4.42. The molecule has 0 unspecified atom stereocenters. The molecule has 0 bridgehead atoms. The van der Waals surface area contributed by atoms with Crippen molar-refractivity contribution in [1.82, 2.24) is 0 Å². The predicted molar refractivity (Wildman–Crippen MR) is 83.7 cm³/mol. The van der Waals surface area contributed by atoms with Gasteiger partial charge in [0.25, 0.3) is 0 Å². The van der Waals surface area contributed by atoms with Crippen LogP contribution in [0.25, 0.3) is 0 Å². The Balaban J connectivity index is 2.00. The van der Waals surface area contributed by atoms with Crippen molar-refractivity contribution in [3.8, 4) is 0 Å². The largest absolute Gasteiger partial charge is 0.381 e. The van der Waals surface area contributed by atoms with Crippen molar-refractivity contribution in [3.63, 3.8) is 0 Å². The highest BCUT2D eigenvalue weighted by Gasteiger charge is 2.03. The second-order valence-corrected chi connectivity index (χ2v) is 4.85. The van der Waals surface area contributed by atoms with E-state index >= 15 is 0 Å². The van der Waals surface area contributed by atoms with Crippen molar-refractivity contribution in [2.45, 2.75) is 20.4 Å². The van der Waals surface area contributed by atoms with E-state index in [0.29, 0.717) is 12.2 Å². The van der Waals surface area contributed by atoms with Gasteiger partial charge < -0.3 is 10.2 Å². The van der Waals surface area contributed by atoms with Gasteiger partial charge in [0.15, 0.2) is 0 Å². The average molecular weight is 290 g/mol. The van der Waals surface area contributed by atoms with E-state index in [1.165, 1.54) is 17.8 Å². The fourth-order valence-corrected chi connectivity index (χ4v) is 2.27. The Morgan fingerprint density at radius 3 is 2.00 bits per heavy atom. The molecule has 0 saturated carbocycles. The first kappa shape index (κ1) is 15.3. The summed E-state index contributed by atoms with van der Waals surface area (Å²) in [4.78, 5) is 2.26. The molecule has 2 rings (SSSR count). The third-order valence-electron chi connectivity index (χ3n) is 3.42. The lowest BCUT2D eigenvalue weighted by Crippen LogP contribution is -2.21. The van der Waals surface area contributed by atoms with Gasteiger partial charge in [-0.15, -0.1) is 0 Å². The van der Waals surface area contributed by atoms with E-state index in [-0.39, 0.29) is 0 Å². The lowest BCUT2D eigenvalue weighted by atomic mass is 10.2. The summed E-state index contributed by atoms with van der Waals surface area (Å²) in [6.07, 6.45) is 0. The zero-order valence-corrected chi connectivity index (χ0v) is 12.4. The van der Waals surface area contributed by atoms with Crippen molar-refractivity contribution >= 4 is 11.4 Å². The van der Waals surface area contributed by atoms with Gasteiger partial charge in [-0.2, -0.15) is 0 Å². The van der Waals surface area contributed by atoms with Crippen LogP contribution in [0.5, 0.6) is 0 Å². The summed E-state index contributed by atoms with van der Waals surface area (Å²) in [5.41, 5.74) is 2.69. The summed E-state index contributed by atoms with van der Waals surface area (Å²) < 4.78 is 26.2. The van der Waals surface area contributed by atoms with Crippen LogP contribution in [0.15, 0.2) is 42.5 Å². The van der Waals surface area contributed by atoms with Crippen LogP contribution in [-0.2, 0) is 6.54 Å². The molecule has 1 N–H and O–H groups in total. The molecule has 112 valence electrons. The monoisotopic (exact) mass is 290 g/mol. The lowest BCUT2D eigenvalue weighted by molar-refractivity contribution is 0.584. The highest BCUT2D eigenvalue weighted by molar-refractivity contribution is 5.49. The number of anilines is 2. The molecule has 0 radical (unpaired) electrons. The van der Waals surface area contributed by atoms with E-state index in [1.807, 2.05) is 12.1 Å². The van der Waals surface area contributed by atoms with Crippen LogP contribution >= 0.6 is 0 Å². The highest BCUT2D eigenvalue weighted by atomic mass is 19.1. The molecule has 2 aromatic carbocycles. The Hall–Kier alpha value is -2.10. The molecule has 0 atom stereocenters. The topological polar surface area (TPSA) is 15.3 Å². The first-order valence-corrected chi connectivity index (χ1v) is 7.16. The molecular weight excluding hydrogens is 270 g/mol. The first-order chi connectivity index (χ1) is 10.1. The normalized spacial score (nSPS) is 10.5. The zero-order valence-electron chi connectivity index (χ0n) is 12.4. The molecule has 0 saturated heterocycles. The van der Waals surface area contributed by atoms with Crippen molar-refractivity contribution in [3.05, 3.63) is 59.7 Å². The van der Waals surface area contributed by atoms with Crippen LogP contribution in [0.2, 0.25) is 0 Å². The molecule has 0 amide bonds. The Kier molecular flexibility index (Phi) is 5.14. The molecule has 2 nitrogen and oxygen atoms in total. The SMILES string of the molecule is CCN(CC)c1ccc(CNc2cc(F)cc(F)c2)cc1. The quantitative estimate of drug-likeness (QED) is 0.847. The second kappa shape index (κ2) is 7.07. The number of hydrogen-bond acceptors (Lipinski definition) is 2. The molecule has 0 fully saturated rings. The Morgan fingerprint density at radius 2 is 1.48 bits per heavy atom. The van der Waals surface area contributed by atoms with E-state index in [1.54, 1.807) is 0 Å². The minimum atomic E-state index is -0.575. The van der Waals surface area contributed by atoms with Gasteiger partial charge in [0, 0.05) is 37.1 Å². The number of benzene rings is 2. The maximum Gasteiger partial charge on any atom is 0.128 e. The van der Waals surface area contributed by atoms with E-state index in [4.69, 9.17) is 0 Å². The lowest BCUT2D eigenvalue weighted by Gasteiger charge is -2.21. The highest BCUT2D eigenvalue weighted by Crippen LogP contribution is 2.17. The minimum absolute atomic E-state index is 0.445. The summed E-state index contributed by atoms with van der Waals surface area (Å²) in [6.45, 7) is 6.71. The van der Waals surface area contributed by atoms with E-state index in [0.717, 1.165) is 24.7 Å². The second-order valence-electron chi connectivity index (χ2n) is 4.85. The van der Waals surface area contributed by atoms with Gasteiger partial charge in [-0.25, -0.2) is 8.78 Å². The molecule has 0 aliphatic rings. The van der Waals surface area contributed by atoms with Crippen LogP contribution < -0.4 is 10.2 Å².